The van der Waals surface area contributed by atoms with E-state index in [4.69, 9.17) is 9.47 Å². The van der Waals surface area contributed by atoms with Crippen LogP contribution in [0.2, 0.25) is 0 Å². The Hall–Kier alpha value is -4.07. The van der Waals surface area contributed by atoms with Gasteiger partial charge < -0.3 is 20.1 Å². The summed E-state index contributed by atoms with van der Waals surface area (Å²) >= 11 is 0. The van der Waals surface area contributed by atoms with Gasteiger partial charge in [-0.25, -0.2) is 0 Å². The molecule has 1 amide bonds. The minimum atomic E-state index is -0.509. The molecule has 1 aliphatic heterocycles. The lowest BCUT2D eigenvalue weighted by Gasteiger charge is -2.10. The number of hydrogen-bond donors (Lipinski definition) is 2. The number of nitro benzene ring substituents is 1. The van der Waals surface area contributed by atoms with Gasteiger partial charge in [0, 0.05) is 23.9 Å². The zero-order valence-corrected chi connectivity index (χ0v) is 16.2. The number of nitro groups is 1. The number of amides is 1. The number of ether oxygens (including phenoxy) is 2. The second-order valence-corrected chi connectivity index (χ2v) is 6.85. The number of nitrogens with zero attached hydrogens (tertiary/aromatic N) is 1. The number of fused-ring (bicyclic) bond motifs is 1. The molecule has 0 saturated heterocycles. The number of benzene rings is 3. The second kappa shape index (κ2) is 8.12. The van der Waals surface area contributed by atoms with Crippen molar-refractivity contribution in [2.45, 2.75) is 13.5 Å². The fourth-order valence-corrected chi connectivity index (χ4v) is 3.15. The van der Waals surface area contributed by atoms with Crippen molar-refractivity contribution < 1.29 is 19.2 Å². The standard InChI is InChI=1S/C22H19N3O5/c1-14-3-2-4-17(9-14)24-22(26)16-6-7-18(19(11-16)25(27)28)23-12-15-5-8-20-21(10-15)30-13-29-20/h2-11,23H,12-13H2,1H3,(H,24,26). The monoisotopic (exact) mass is 405 g/mol. The van der Waals surface area contributed by atoms with Gasteiger partial charge in [0.05, 0.1) is 4.92 Å². The maximum atomic E-state index is 12.5. The summed E-state index contributed by atoms with van der Waals surface area (Å²) in [5, 5.41) is 17.4. The molecular weight excluding hydrogens is 386 g/mol. The van der Waals surface area contributed by atoms with Crippen molar-refractivity contribution >= 4 is 23.0 Å². The molecule has 0 radical (unpaired) electrons. The third-order valence-corrected chi connectivity index (χ3v) is 4.65. The summed E-state index contributed by atoms with van der Waals surface area (Å²) in [6.07, 6.45) is 0. The third kappa shape index (κ3) is 4.17. The highest BCUT2D eigenvalue weighted by Crippen LogP contribution is 2.33. The first kappa shape index (κ1) is 19.3. The van der Waals surface area contributed by atoms with Crippen LogP contribution in [0.25, 0.3) is 0 Å². The van der Waals surface area contributed by atoms with Gasteiger partial charge in [0.15, 0.2) is 11.5 Å². The summed E-state index contributed by atoms with van der Waals surface area (Å²) in [5.74, 6) is 0.909. The number of rotatable bonds is 6. The molecule has 8 heteroatoms. The molecule has 0 atom stereocenters. The quantitative estimate of drug-likeness (QED) is 0.462. The molecule has 3 aromatic carbocycles. The summed E-state index contributed by atoms with van der Waals surface area (Å²) in [4.78, 5) is 23.6. The average molecular weight is 405 g/mol. The van der Waals surface area contributed by atoms with Crippen LogP contribution in [0.5, 0.6) is 11.5 Å². The number of carbonyl (C=O) groups is 1. The van der Waals surface area contributed by atoms with Crippen molar-refractivity contribution in [1.29, 1.82) is 0 Å². The molecule has 1 aliphatic rings. The second-order valence-electron chi connectivity index (χ2n) is 6.85. The molecule has 4 rings (SSSR count). The van der Waals surface area contributed by atoms with Crippen molar-refractivity contribution in [3.05, 3.63) is 87.5 Å². The van der Waals surface area contributed by atoms with Crippen LogP contribution in [0.3, 0.4) is 0 Å². The van der Waals surface area contributed by atoms with Crippen molar-refractivity contribution in [2.24, 2.45) is 0 Å². The van der Waals surface area contributed by atoms with Crippen LogP contribution in [0.1, 0.15) is 21.5 Å². The lowest BCUT2D eigenvalue weighted by atomic mass is 10.1. The number of anilines is 2. The maximum absolute atomic E-state index is 12.5. The molecule has 0 unspecified atom stereocenters. The fourth-order valence-electron chi connectivity index (χ4n) is 3.15. The van der Waals surface area contributed by atoms with Gasteiger partial charge in [-0.1, -0.05) is 18.2 Å². The van der Waals surface area contributed by atoms with Crippen LogP contribution in [-0.2, 0) is 6.54 Å². The molecule has 2 N–H and O–H groups in total. The van der Waals surface area contributed by atoms with Gasteiger partial charge in [-0.3, -0.25) is 14.9 Å². The number of hydrogen-bond acceptors (Lipinski definition) is 6. The first-order valence-electron chi connectivity index (χ1n) is 9.28. The van der Waals surface area contributed by atoms with Crippen LogP contribution in [0, 0.1) is 17.0 Å². The highest BCUT2D eigenvalue weighted by Gasteiger charge is 2.18. The number of carbonyl (C=O) groups excluding carboxylic acids is 1. The molecule has 1 heterocycles. The molecule has 30 heavy (non-hydrogen) atoms. The van der Waals surface area contributed by atoms with E-state index in [-0.39, 0.29) is 18.0 Å². The Morgan fingerprint density at radius 2 is 1.90 bits per heavy atom. The summed E-state index contributed by atoms with van der Waals surface area (Å²) in [7, 11) is 0. The number of aryl methyl sites for hydroxylation is 1. The maximum Gasteiger partial charge on any atom is 0.293 e. The van der Waals surface area contributed by atoms with Crippen LogP contribution >= 0.6 is 0 Å². The topological polar surface area (TPSA) is 103 Å². The Morgan fingerprint density at radius 1 is 1.07 bits per heavy atom. The van der Waals surface area contributed by atoms with Gasteiger partial charge in [-0.2, -0.15) is 0 Å². The van der Waals surface area contributed by atoms with Gasteiger partial charge in [0.2, 0.25) is 6.79 Å². The minimum Gasteiger partial charge on any atom is -0.454 e. The van der Waals surface area contributed by atoms with E-state index in [9.17, 15) is 14.9 Å². The molecule has 3 aromatic rings. The lowest BCUT2D eigenvalue weighted by molar-refractivity contribution is -0.384. The van der Waals surface area contributed by atoms with Crippen molar-refractivity contribution in [2.75, 3.05) is 17.4 Å². The van der Waals surface area contributed by atoms with E-state index in [0.29, 0.717) is 29.4 Å². The first-order chi connectivity index (χ1) is 14.5. The first-order valence-corrected chi connectivity index (χ1v) is 9.28. The predicted octanol–water partition coefficient (Wildman–Crippen LogP) is 4.50. The van der Waals surface area contributed by atoms with Crippen molar-refractivity contribution in [1.82, 2.24) is 0 Å². The van der Waals surface area contributed by atoms with Gasteiger partial charge in [0.1, 0.15) is 5.69 Å². The van der Waals surface area contributed by atoms with Gasteiger partial charge in [-0.05, 0) is 54.4 Å². The molecular formula is C22H19N3O5. The lowest BCUT2D eigenvalue weighted by Crippen LogP contribution is -2.13. The summed E-state index contributed by atoms with van der Waals surface area (Å²) in [5.41, 5.74) is 2.87. The summed E-state index contributed by atoms with van der Waals surface area (Å²) < 4.78 is 10.6. The Balaban J connectivity index is 1.50. The van der Waals surface area contributed by atoms with Crippen LogP contribution < -0.4 is 20.1 Å². The van der Waals surface area contributed by atoms with Crippen LogP contribution in [0.15, 0.2) is 60.7 Å². The van der Waals surface area contributed by atoms with E-state index < -0.39 is 10.8 Å². The normalized spacial score (nSPS) is 11.8. The summed E-state index contributed by atoms with van der Waals surface area (Å²) in [6, 6.07) is 17.2. The Bertz CT molecular complexity index is 1130. The van der Waals surface area contributed by atoms with Gasteiger partial charge in [0.25, 0.3) is 11.6 Å². The average Bonchev–Trinajstić information content (AvgIpc) is 3.20. The van der Waals surface area contributed by atoms with E-state index in [2.05, 4.69) is 10.6 Å². The molecule has 0 bridgehead atoms. The van der Waals surface area contributed by atoms with Crippen LogP contribution in [0.4, 0.5) is 17.1 Å². The van der Waals surface area contributed by atoms with Crippen molar-refractivity contribution in [3.8, 4) is 11.5 Å². The van der Waals surface area contributed by atoms with Crippen LogP contribution in [-0.4, -0.2) is 17.6 Å². The largest absolute Gasteiger partial charge is 0.454 e. The Morgan fingerprint density at radius 3 is 2.70 bits per heavy atom. The zero-order valence-electron chi connectivity index (χ0n) is 16.2. The van der Waals surface area contributed by atoms with E-state index in [1.807, 2.05) is 37.3 Å². The fraction of sp³-hybridized carbons (Fsp3) is 0.136. The van der Waals surface area contributed by atoms with E-state index in [0.717, 1.165) is 11.1 Å². The molecule has 0 saturated carbocycles. The van der Waals surface area contributed by atoms with Crippen molar-refractivity contribution in [3.63, 3.8) is 0 Å². The summed E-state index contributed by atoms with van der Waals surface area (Å²) in [6.45, 7) is 2.46. The highest BCUT2D eigenvalue weighted by atomic mass is 16.7. The smallest absolute Gasteiger partial charge is 0.293 e. The van der Waals surface area contributed by atoms with E-state index >= 15 is 0 Å². The molecule has 8 nitrogen and oxygen atoms in total. The van der Waals surface area contributed by atoms with Gasteiger partial charge in [-0.15, -0.1) is 0 Å². The molecule has 0 fully saturated rings. The molecule has 152 valence electrons. The van der Waals surface area contributed by atoms with E-state index in [1.54, 1.807) is 18.2 Å². The number of nitrogens with one attached hydrogen (secondary N) is 2. The minimum absolute atomic E-state index is 0.173. The Kier molecular flexibility index (Phi) is 5.21. The predicted molar refractivity (Wildman–Crippen MR) is 112 cm³/mol. The third-order valence-electron chi connectivity index (χ3n) is 4.65. The Labute approximate surface area is 172 Å². The highest BCUT2D eigenvalue weighted by molar-refractivity contribution is 6.05. The zero-order chi connectivity index (χ0) is 21.1. The molecule has 0 aliphatic carbocycles. The van der Waals surface area contributed by atoms with Gasteiger partial charge >= 0.3 is 0 Å². The SMILES string of the molecule is Cc1cccc(NC(=O)c2ccc(NCc3ccc4c(c3)OCO4)c([N+](=O)[O-])c2)c1. The molecule has 0 spiro atoms. The van der Waals surface area contributed by atoms with E-state index in [1.165, 1.54) is 12.1 Å². The molecule has 0 aromatic heterocycles.